The minimum atomic E-state index is 0.527. The number of aromatic nitrogens is 2. The fraction of sp³-hybridized carbons (Fsp3) is 0.333. The quantitative estimate of drug-likeness (QED) is 0.458. The Morgan fingerprint density at radius 1 is 1.00 bits per heavy atom. The molecule has 132 valence electrons. The molecule has 1 aliphatic rings. The van der Waals surface area contributed by atoms with Crippen molar-refractivity contribution in [2.24, 2.45) is 7.05 Å². The summed E-state index contributed by atoms with van der Waals surface area (Å²) in [6, 6.07) is 11.3. The molecule has 0 unspecified atom stereocenters. The first-order valence-electron chi connectivity index (χ1n) is 9.46. The van der Waals surface area contributed by atoms with Crippen LogP contribution >= 0.6 is 0 Å². The van der Waals surface area contributed by atoms with Crippen molar-refractivity contribution in [3.8, 4) is 22.5 Å². The molecule has 0 atom stereocenters. The second kappa shape index (κ2) is 6.05. The van der Waals surface area contributed by atoms with Crippen molar-refractivity contribution < 1.29 is 4.57 Å². The van der Waals surface area contributed by atoms with Crippen LogP contribution in [-0.4, -0.2) is 4.98 Å². The zero-order chi connectivity index (χ0) is 18.6. The highest BCUT2D eigenvalue weighted by atomic mass is 15.0. The van der Waals surface area contributed by atoms with Gasteiger partial charge in [-0.05, 0) is 60.0 Å². The lowest BCUT2D eigenvalue weighted by Crippen LogP contribution is -2.33. The molecule has 2 aromatic carbocycles. The Balaban J connectivity index is 2.00. The summed E-state index contributed by atoms with van der Waals surface area (Å²) >= 11 is 0. The average molecular weight is 343 g/mol. The maximum atomic E-state index is 4.82. The molecule has 3 aromatic rings. The van der Waals surface area contributed by atoms with Gasteiger partial charge in [-0.3, -0.25) is 0 Å². The molecule has 0 radical (unpaired) electrons. The predicted octanol–water partition coefficient (Wildman–Crippen LogP) is 5.19. The third-order valence-corrected chi connectivity index (χ3v) is 5.79. The van der Waals surface area contributed by atoms with Crippen molar-refractivity contribution in [2.45, 2.75) is 47.0 Å². The lowest BCUT2D eigenvalue weighted by atomic mass is 9.93. The lowest BCUT2D eigenvalue weighted by molar-refractivity contribution is -0.663. The summed E-state index contributed by atoms with van der Waals surface area (Å²) in [5.74, 6) is 0.527. The highest BCUT2D eigenvalue weighted by molar-refractivity contribution is 5.81. The fourth-order valence-corrected chi connectivity index (χ4v) is 4.38. The van der Waals surface area contributed by atoms with Crippen molar-refractivity contribution in [1.82, 2.24) is 4.98 Å². The summed E-state index contributed by atoms with van der Waals surface area (Å²) in [6.45, 7) is 11.2. The lowest BCUT2D eigenvalue weighted by Gasteiger charge is -2.13. The van der Waals surface area contributed by atoms with Gasteiger partial charge in [0.15, 0.2) is 5.69 Å². The van der Waals surface area contributed by atoms with Crippen LogP contribution in [0.4, 0.5) is 0 Å². The molecule has 0 fully saturated rings. The summed E-state index contributed by atoms with van der Waals surface area (Å²) in [5, 5.41) is 0. The number of aryl methyl sites for hydroxylation is 3. The van der Waals surface area contributed by atoms with Crippen molar-refractivity contribution in [1.29, 1.82) is 0 Å². The molecular weight excluding hydrogens is 316 g/mol. The largest absolute Gasteiger partial charge is 0.287 e. The molecule has 0 spiro atoms. The molecule has 4 rings (SSSR count). The second-order valence-electron chi connectivity index (χ2n) is 7.99. The molecule has 26 heavy (non-hydrogen) atoms. The van der Waals surface area contributed by atoms with Crippen LogP contribution in [0.1, 0.15) is 53.1 Å². The van der Waals surface area contributed by atoms with E-state index in [9.17, 15) is 0 Å². The van der Waals surface area contributed by atoms with Gasteiger partial charge in [-0.1, -0.05) is 43.7 Å². The molecule has 0 aliphatic heterocycles. The van der Waals surface area contributed by atoms with E-state index in [2.05, 4.69) is 76.6 Å². The van der Waals surface area contributed by atoms with Gasteiger partial charge in [0, 0.05) is 17.5 Å². The first-order valence-corrected chi connectivity index (χ1v) is 9.46. The highest BCUT2D eigenvalue weighted by Crippen LogP contribution is 2.42. The summed E-state index contributed by atoms with van der Waals surface area (Å²) in [5.41, 5.74) is 13.4. The minimum absolute atomic E-state index is 0.527. The number of hydrogen-bond donors (Lipinski definition) is 0. The van der Waals surface area contributed by atoms with Gasteiger partial charge >= 0.3 is 0 Å². The first-order chi connectivity index (χ1) is 12.4. The molecule has 1 heterocycles. The number of fused-ring (bicyclic) bond motifs is 3. The number of rotatable bonds is 2. The Bertz CT molecular complexity index is 1030. The Morgan fingerprint density at radius 2 is 1.77 bits per heavy atom. The minimum Gasteiger partial charge on any atom is -0.232 e. The molecule has 2 heteroatoms. The van der Waals surface area contributed by atoms with Gasteiger partial charge in [-0.15, -0.1) is 0 Å². The smallest absolute Gasteiger partial charge is 0.232 e. The van der Waals surface area contributed by atoms with Crippen LogP contribution < -0.4 is 4.57 Å². The van der Waals surface area contributed by atoms with Crippen molar-refractivity contribution >= 4 is 0 Å². The monoisotopic (exact) mass is 343 g/mol. The third-order valence-electron chi connectivity index (χ3n) is 5.79. The van der Waals surface area contributed by atoms with Gasteiger partial charge in [0.2, 0.25) is 0 Å². The molecule has 0 amide bonds. The van der Waals surface area contributed by atoms with Crippen molar-refractivity contribution in [3.63, 3.8) is 0 Å². The van der Waals surface area contributed by atoms with Crippen LogP contribution in [0.2, 0.25) is 0 Å². The molecule has 0 N–H and O–H groups in total. The Morgan fingerprint density at radius 3 is 2.50 bits per heavy atom. The maximum absolute atomic E-state index is 4.82. The topological polar surface area (TPSA) is 16.8 Å². The van der Waals surface area contributed by atoms with E-state index < -0.39 is 0 Å². The van der Waals surface area contributed by atoms with Crippen LogP contribution in [0, 0.1) is 20.8 Å². The molecule has 0 bridgehead atoms. The van der Waals surface area contributed by atoms with Crippen LogP contribution in [0.25, 0.3) is 22.5 Å². The maximum Gasteiger partial charge on any atom is 0.287 e. The summed E-state index contributed by atoms with van der Waals surface area (Å²) in [7, 11) is 2.12. The van der Waals surface area contributed by atoms with E-state index in [0.717, 1.165) is 12.1 Å². The molecule has 2 nitrogen and oxygen atoms in total. The molecular formula is C24H27N2+. The molecule has 1 aliphatic carbocycles. The average Bonchev–Trinajstić information content (AvgIpc) is 2.96. The van der Waals surface area contributed by atoms with E-state index in [1.165, 1.54) is 50.2 Å². The predicted molar refractivity (Wildman–Crippen MR) is 107 cm³/mol. The Hall–Kier alpha value is -2.48. The van der Waals surface area contributed by atoms with Gasteiger partial charge in [0.1, 0.15) is 5.69 Å². The SMILES string of the molecule is Cc1cc(C)c(C)c(-c2c3c(nc[n+]2C)-c2cccc(C(C)C)c2C3)c1. The summed E-state index contributed by atoms with van der Waals surface area (Å²) < 4.78 is 2.20. The Labute approximate surface area is 156 Å². The highest BCUT2D eigenvalue weighted by Gasteiger charge is 2.32. The zero-order valence-electron chi connectivity index (χ0n) is 16.6. The van der Waals surface area contributed by atoms with Crippen LogP contribution in [-0.2, 0) is 13.5 Å². The van der Waals surface area contributed by atoms with Crippen LogP contribution in [0.5, 0.6) is 0 Å². The Kier molecular flexibility index (Phi) is 3.95. The van der Waals surface area contributed by atoms with E-state index >= 15 is 0 Å². The number of benzene rings is 2. The number of nitrogens with zero attached hydrogens (tertiary/aromatic N) is 2. The van der Waals surface area contributed by atoms with Gasteiger partial charge in [0.05, 0.1) is 12.6 Å². The summed E-state index contributed by atoms with van der Waals surface area (Å²) in [4.78, 5) is 4.82. The van der Waals surface area contributed by atoms with Gasteiger partial charge in [0.25, 0.3) is 6.33 Å². The standard InChI is InChI=1S/C24H27N2/c1-14(2)18-8-7-9-19-21(18)12-22-23(19)25-13-26(6)24(22)20-11-15(3)10-16(4)17(20)5/h7-11,13-14H,12H2,1-6H3/q+1. The van der Waals surface area contributed by atoms with E-state index in [0.29, 0.717) is 5.92 Å². The van der Waals surface area contributed by atoms with Gasteiger partial charge in [-0.2, -0.15) is 0 Å². The van der Waals surface area contributed by atoms with E-state index in [1.807, 2.05) is 6.33 Å². The van der Waals surface area contributed by atoms with E-state index in [1.54, 1.807) is 0 Å². The van der Waals surface area contributed by atoms with Crippen molar-refractivity contribution in [3.05, 3.63) is 70.0 Å². The van der Waals surface area contributed by atoms with Gasteiger partial charge in [-0.25, -0.2) is 4.57 Å². The first kappa shape index (κ1) is 17.0. The summed E-state index contributed by atoms with van der Waals surface area (Å²) in [6.07, 6.45) is 2.95. The molecule has 0 saturated heterocycles. The molecule has 1 aromatic heterocycles. The van der Waals surface area contributed by atoms with Crippen LogP contribution in [0.15, 0.2) is 36.7 Å². The third kappa shape index (κ3) is 2.47. The fourth-order valence-electron chi connectivity index (χ4n) is 4.38. The number of hydrogen-bond acceptors (Lipinski definition) is 1. The second-order valence-corrected chi connectivity index (χ2v) is 7.99. The van der Waals surface area contributed by atoms with Crippen LogP contribution in [0.3, 0.4) is 0 Å². The van der Waals surface area contributed by atoms with E-state index in [4.69, 9.17) is 4.98 Å². The van der Waals surface area contributed by atoms with Gasteiger partial charge < -0.3 is 0 Å². The molecule has 0 saturated carbocycles. The van der Waals surface area contributed by atoms with Crippen molar-refractivity contribution in [2.75, 3.05) is 0 Å². The van der Waals surface area contributed by atoms with E-state index in [-0.39, 0.29) is 0 Å². The zero-order valence-corrected chi connectivity index (χ0v) is 16.6. The normalized spacial score (nSPS) is 12.4.